The highest BCUT2D eigenvalue weighted by molar-refractivity contribution is 7.92. The van der Waals surface area contributed by atoms with E-state index in [0.29, 0.717) is 17.8 Å². The van der Waals surface area contributed by atoms with Crippen LogP contribution in [-0.4, -0.2) is 39.6 Å². The lowest BCUT2D eigenvalue weighted by atomic mass is 10.1. The fourth-order valence-electron chi connectivity index (χ4n) is 2.77. The summed E-state index contributed by atoms with van der Waals surface area (Å²) in [5.41, 5.74) is 0.583. The lowest BCUT2D eigenvalue weighted by Gasteiger charge is -2.22. The first kappa shape index (κ1) is 23.1. The van der Waals surface area contributed by atoms with Gasteiger partial charge in [0.1, 0.15) is 5.82 Å². The van der Waals surface area contributed by atoms with Crippen LogP contribution in [0.5, 0.6) is 0 Å². The number of carbonyl (C=O) groups excluding carboxylic acids is 2. The van der Waals surface area contributed by atoms with Gasteiger partial charge in [0.25, 0.3) is 5.91 Å². The average Bonchev–Trinajstić information content (AvgIpc) is 2.70. The molecule has 7 nitrogen and oxygen atoms in total. The molecule has 30 heavy (non-hydrogen) atoms. The van der Waals surface area contributed by atoms with Crippen molar-refractivity contribution in [3.05, 3.63) is 72.6 Å². The quantitative estimate of drug-likeness (QED) is 0.563. The van der Waals surface area contributed by atoms with Crippen LogP contribution in [0.3, 0.4) is 0 Å². The van der Waals surface area contributed by atoms with Crippen molar-refractivity contribution in [3.63, 3.8) is 0 Å². The number of benzene rings is 2. The Labute approximate surface area is 175 Å². The van der Waals surface area contributed by atoms with Crippen LogP contribution in [0.2, 0.25) is 0 Å². The zero-order chi connectivity index (χ0) is 22.1. The summed E-state index contributed by atoms with van der Waals surface area (Å²) in [6.45, 7) is 3.76. The van der Waals surface area contributed by atoms with Gasteiger partial charge in [-0.25, -0.2) is 12.8 Å². The van der Waals surface area contributed by atoms with Crippen LogP contribution in [0.1, 0.15) is 23.2 Å². The molecule has 160 valence electrons. The molecule has 0 aliphatic heterocycles. The minimum absolute atomic E-state index is 0.0108. The monoisotopic (exact) mass is 433 g/mol. The summed E-state index contributed by atoms with van der Waals surface area (Å²) in [5, 5.41) is 5.31. The number of halogens is 1. The molecule has 0 saturated heterocycles. The summed E-state index contributed by atoms with van der Waals surface area (Å²) < 4.78 is 39.1. The van der Waals surface area contributed by atoms with E-state index in [-0.39, 0.29) is 36.9 Å². The van der Waals surface area contributed by atoms with E-state index in [2.05, 4.69) is 17.2 Å². The minimum Gasteiger partial charge on any atom is -0.349 e. The number of para-hydroxylation sites is 2. The van der Waals surface area contributed by atoms with E-state index >= 15 is 0 Å². The maximum absolute atomic E-state index is 14.0. The Morgan fingerprint density at radius 2 is 1.80 bits per heavy atom. The Morgan fingerprint density at radius 3 is 2.47 bits per heavy atom. The van der Waals surface area contributed by atoms with E-state index in [4.69, 9.17) is 0 Å². The van der Waals surface area contributed by atoms with Gasteiger partial charge in [-0.2, -0.15) is 0 Å². The SMILES string of the molecule is C=CCNC(=O)c1ccccc1NC(=O)CCCN(c1ccccc1F)S(C)(=O)=O. The Balaban J connectivity index is 2.02. The van der Waals surface area contributed by atoms with Crippen molar-refractivity contribution in [1.29, 1.82) is 0 Å². The van der Waals surface area contributed by atoms with Gasteiger partial charge in [-0.1, -0.05) is 30.3 Å². The zero-order valence-electron chi connectivity index (χ0n) is 16.6. The summed E-state index contributed by atoms with van der Waals surface area (Å²) in [5.74, 6) is -1.40. The van der Waals surface area contributed by atoms with Gasteiger partial charge in [-0.3, -0.25) is 13.9 Å². The molecule has 0 fully saturated rings. The second-order valence-electron chi connectivity index (χ2n) is 6.48. The molecule has 9 heteroatoms. The van der Waals surface area contributed by atoms with E-state index in [0.717, 1.165) is 10.6 Å². The minimum atomic E-state index is -3.72. The molecular weight excluding hydrogens is 409 g/mol. The highest BCUT2D eigenvalue weighted by Gasteiger charge is 2.20. The normalized spacial score (nSPS) is 10.9. The molecule has 0 aromatic heterocycles. The highest BCUT2D eigenvalue weighted by atomic mass is 32.2. The van der Waals surface area contributed by atoms with E-state index in [1.165, 1.54) is 24.3 Å². The number of anilines is 2. The molecule has 2 aromatic rings. The number of hydrogen-bond donors (Lipinski definition) is 2. The average molecular weight is 434 g/mol. The first-order valence-electron chi connectivity index (χ1n) is 9.24. The topological polar surface area (TPSA) is 95.6 Å². The molecule has 0 spiro atoms. The van der Waals surface area contributed by atoms with Crippen LogP contribution in [0, 0.1) is 5.82 Å². The lowest BCUT2D eigenvalue weighted by Crippen LogP contribution is -2.32. The second-order valence-corrected chi connectivity index (χ2v) is 8.39. The van der Waals surface area contributed by atoms with Gasteiger partial charge >= 0.3 is 0 Å². The van der Waals surface area contributed by atoms with Crippen LogP contribution in [-0.2, 0) is 14.8 Å². The lowest BCUT2D eigenvalue weighted by molar-refractivity contribution is -0.116. The predicted octanol–water partition coefficient (Wildman–Crippen LogP) is 2.93. The van der Waals surface area contributed by atoms with Gasteiger partial charge < -0.3 is 10.6 Å². The van der Waals surface area contributed by atoms with Gasteiger partial charge in [-0.05, 0) is 30.7 Å². The van der Waals surface area contributed by atoms with Crippen molar-refractivity contribution in [2.75, 3.05) is 29.0 Å². The van der Waals surface area contributed by atoms with E-state index < -0.39 is 15.8 Å². The first-order valence-corrected chi connectivity index (χ1v) is 11.1. The second kappa shape index (κ2) is 10.5. The molecule has 0 atom stereocenters. The summed E-state index contributed by atoms with van der Waals surface area (Å²) >= 11 is 0. The molecular formula is C21H24FN3O4S. The third-order valence-corrected chi connectivity index (χ3v) is 5.32. The first-order chi connectivity index (χ1) is 14.2. The van der Waals surface area contributed by atoms with Crippen molar-refractivity contribution in [3.8, 4) is 0 Å². The van der Waals surface area contributed by atoms with Gasteiger partial charge in [0.15, 0.2) is 0 Å². The van der Waals surface area contributed by atoms with Gasteiger partial charge in [0.2, 0.25) is 15.9 Å². The molecule has 0 radical (unpaired) electrons. The summed E-state index contributed by atoms with van der Waals surface area (Å²) in [6, 6.07) is 12.1. The molecule has 0 unspecified atom stereocenters. The van der Waals surface area contributed by atoms with Crippen LogP contribution in [0.15, 0.2) is 61.2 Å². The third-order valence-electron chi connectivity index (χ3n) is 4.14. The Kier molecular flexibility index (Phi) is 8.11. The fraction of sp³-hybridized carbons (Fsp3) is 0.238. The molecule has 2 N–H and O–H groups in total. The number of carbonyl (C=O) groups is 2. The summed E-state index contributed by atoms with van der Waals surface area (Å²) in [4.78, 5) is 24.5. The van der Waals surface area contributed by atoms with Gasteiger partial charge in [-0.15, -0.1) is 6.58 Å². The van der Waals surface area contributed by atoms with E-state index in [9.17, 15) is 22.4 Å². The molecule has 2 rings (SSSR count). The maximum Gasteiger partial charge on any atom is 0.253 e. The van der Waals surface area contributed by atoms with Gasteiger partial charge in [0.05, 0.1) is 23.2 Å². The molecule has 0 aliphatic rings. The van der Waals surface area contributed by atoms with Crippen molar-refractivity contribution >= 4 is 33.2 Å². The third kappa shape index (κ3) is 6.41. The molecule has 0 aliphatic carbocycles. The van der Waals surface area contributed by atoms with E-state index in [1.807, 2.05) is 0 Å². The van der Waals surface area contributed by atoms with Crippen molar-refractivity contribution in [1.82, 2.24) is 5.32 Å². The number of hydrogen-bond acceptors (Lipinski definition) is 4. The Bertz CT molecular complexity index is 1020. The van der Waals surface area contributed by atoms with Crippen LogP contribution >= 0.6 is 0 Å². The standard InChI is InChI=1S/C21H24FN3O4S/c1-3-14-23-21(27)16-9-4-6-11-18(16)24-20(26)13-8-15-25(30(2,28)29)19-12-7-5-10-17(19)22/h3-7,9-12H,1,8,13-15H2,2H3,(H,23,27)(H,24,26). The van der Waals surface area contributed by atoms with Crippen molar-refractivity contribution < 1.29 is 22.4 Å². The highest BCUT2D eigenvalue weighted by Crippen LogP contribution is 2.22. The molecule has 2 aromatic carbocycles. The van der Waals surface area contributed by atoms with Crippen LogP contribution in [0.25, 0.3) is 0 Å². The van der Waals surface area contributed by atoms with Gasteiger partial charge in [0, 0.05) is 19.5 Å². The number of amides is 2. The number of rotatable bonds is 10. The van der Waals surface area contributed by atoms with Crippen molar-refractivity contribution in [2.45, 2.75) is 12.8 Å². The zero-order valence-corrected chi connectivity index (χ0v) is 17.4. The number of nitrogens with zero attached hydrogens (tertiary/aromatic N) is 1. The predicted molar refractivity (Wildman–Crippen MR) is 115 cm³/mol. The molecule has 0 heterocycles. The van der Waals surface area contributed by atoms with Crippen molar-refractivity contribution in [2.24, 2.45) is 0 Å². The Morgan fingerprint density at radius 1 is 1.13 bits per heavy atom. The Hall–Kier alpha value is -3.20. The summed E-state index contributed by atoms with van der Waals surface area (Å²) in [6.07, 6.45) is 2.68. The smallest absolute Gasteiger partial charge is 0.253 e. The molecule has 2 amide bonds. The number of sulfonamides is 1. The molecule has 0 bridgehead atoms. The van der Waals surface area contributed by atoms with Crippen LogP contribution < -0.4 is 14.9 Å². The molecule has 0 saturated carbocycles. The number of nitrogens with one attached hydrogen (secondary N) is 2. The summed E-state index contributed by atoms with van der Waals surface area (Å²) in [7, 11) is -3.72. The van der Waals surface area contributed by atoms with Crippen LogP contribution in [0.4, 0.5) is 15.8 Å². The van der Waals surface area contributed by atoms with E-state index in [1.54, 1.807) is 30.3 Å². The maximum atomic E-state index is 14.0. The largest absolute Gasteiger partial charge is 0.349 e. The fourth-order valence-corrected chi connectivity index (χ4v) is 3.73.